The second-order valence-electron chi connectivity index (χ2n) is 12.2. The lowest BCUT2D eigenvalue weighted by molar-refractivity contribution is 0.760. The Morgan fingerprint density at radius 1 is 1.06 bits per heavy atom. The van der Waals surface area contributed by atoms with Crippen LogP contribution in [-0.2, 0) is 19.3 Å². The zero-order valence-electron chi connectivity index (χ0n) is 28.9. The van der Waals surface area contributed by atoms with Crippen molar-refractivity contribution >= 4 is 29.0 Å². The number of unbranched alkanes of at least 4 members (excludes halogenated alkanes) is 1. The van der Waals surface area contributed by atoms with Crippen LogP contribution in [0.1, 0.15) is 68.0 Å². The third kappa shape index (κ3) is 11.8. The number of rotatable bonds is 19. The van der Waals surface area contributed by atoms with E-state index in [1.54, 1.807) is 6.33 Å². The summed E-state index contributed by atoms with van der Waals surface area (Å²) in [5.74, 6) is 6.22. The lowest BCUT2D eigenvalue weighted by Gasteiger charge is -2.18. The topological polar surface area (TPSA) is 65.7 Å². The molecule has 0 aliphatic rings. The summed E-state index contributed by atoms with van der Waals surface area (Å²) in [6, 6.07) is 14.2. The fourth-order valence-electron chi connectivity index (χ4n) is 5.22. The van der Waals surface area contributed by atoms with Crippen LogP contribution in [0.3, 0.4) is 0 Å². The van der Waals surface area contributed by atoms with Gasteiger partial charge in [0.2, 0.25) is 0 Å². The van der Waals surface area contributed by atoms with Crippen molar-refractivity contribution < 1.29 is 0 Å². The van der Waals surface area contributed by atoms with E-state index in [9.17, 15) is 0 Å². The van der Waals surface area contributed by atoms with E-state index in [1.165, 1.54) is 11.8 Å². The summed E-state index contributed by atoms with van der Waals surface area (Å²) in [4.78, 5) is 4.62. The quantitative estimate of drug-likeness (QED) is 0.0395. The van der Waals surface area contributed by atoms with Crippen LogP contribution in [0.5, 0.6) is 0 Å². The van der Waals surface area contributed by atoms with Gasteiger partial charge in [-0.25, -0.2) is 4.98 Å². The van der Waals surface area contributed by atoms with E-state index in [4.69, 9.17) is 17.0 Å². The summed E-state index contributed by atoms with van der Waals surface area (Å²) in [6.45, 7) is 28.1. The van der Waals surface area contributed by atoms with Crippen LogP contribution >= 0.6 is 11.6 Å². The van der Waals surface area contributed by atoms with Gasteiger partial charge in [0.25, 0.3) is 0 Å². The fourth-order valence-corrected chi connectivity index (χ4v) is 5.35. The molecule has 0 saturated carbocycles. The third-order valence-electron chi connectivity index (χ3n) is 8.25. The number of nitrogens with one attached hydrogen (secondary N) is 3. The molecule has 0 aliphatic carbocycles. The molecule has 0 fully saturated rings. The monoisotopic (exact) mass is 659 g/mol. The van der Waals surface area contributed by atoms with Crippen molar-refractivity contribution in [2.45, 2.75) is 59.3 Å². The smallest absolute Gasteiger partial charge is 0.114 e. The second-order valence-corrected chi connectivity index (χ2v) is 12.6. The average molecular weight is 660 g/mol. The number of benzene rings is 2. The molecule has 0 bridgehead atoms. The van der Waals surface area contributed by atoms with Crippen LogP contribution in [-0.4, -0.2) is 29.0 Å². The molecule has 1 aromatic heterocycles. The number of aryl methyl sites for hydroxylation is 2. The zero-order chi connectivity index (χ0) is 35.1. The van der Waals surface area contributed by atoms with Crippen molar-refractivity contribution in [3.05, 3.63) is 149 Å². The van der Waals surface area contributed by atoms with Crippen molar-refractivity contribution in [2.75, 3.05) is 18.5 Å². The molecule has 3 N–H and O–H groups in total. The molecule has 0 amide bonds. The lowest BCUT2D eigenvalue weighted by Crippen LogP contribution is -2.21. The zero-order valence-corrected chi connectivity index (χ0v) is 29.6. The van der Waals surface area contributed by atoms with Gasteiger partial charge in [0.05, 0.1) is 18.2 Å². The van der Waals surface area contributed by atoms with Crippen LogP contribution in [0.15, 0.2) is 116 Å². The Bertz CT molecular complexity index is 1730. The SMILES string of the molecule is C=CCCCC(=C)NCC(=C)c1cccc(CCc2cn(NCC(C#C/C(C)=C(\C)C(=C)Cc3ccc(Cl)cc3)C=N)cn2)c1C(=C)C. The van der Waals surface area contributed by atoms with Crippen molar-refractivity contribution in [3.63, 3.8) is 0 Å². The predicted molar refractivity (Wildman–Crippen MR) is 208 cm³/mol. The minimum Gasteiger partial charge on any atom is -0.385 e. The van der Waals surface area contributed by atoms with Gasteiger partial charge in [-0.15, -0.1) is 6.58 Å². The fraction of sp³-hybridized carbons (Fsp3) is 0.286. The van der Waals surface area contributed by atoms with Crippen LogP contribution in [0.25, 0.3) is 11.1 Å². The maximum atomic E-state index is 7.92. The summed E-state index contributed by atoms with van der Waals surface area (Å²) in [7, 11) is 0. The predicted octanol–water partition coefficient (Wildman–Crippen LogP) is 9.78. The number of hydrogen-bond acceptors (Lipinski definition) is 4. The molecule has 0 aliphatic heterocycles. The molecule has 3 aromatic rings. The molecule has 0 radical (unpaired) electrons. The molecule has 0 saturated heterocycles. The van der Waals surface area contributed by atoms with Crippen molar-refractivity contribution in [1.29, 1.82) is 5.41 Å². The first-order chi connectivity index (χ1) is 23.0. The summed E-state index contributed by atoms with van der Waals surface area (Å²) < 4.78 is 1.85. The van der Waals surface area contributed by atoms with Gasteiger partial charge in [-0.3, -0.25) is 4.68 Å². The number of imidazole rings is 1. The van der Waals surface area contributed by atoms with Gasteiger partial charge in [-0.05, 0) is 110 Å². The molecule has 6 heteroatoms. The molecule has 1 unspecified atom stereocenters. The lowest BCUT2D eigenvalue weighted by atomic mass is 9.89. The van der Waals surface area contributed by atoms with E-state index in [0.29, 0.717) is 13.1 Å². The Kier molecular flexibility index (Phi) is 15.0. The molecular weight excluding hydrogens is 610 g/mol. The van der Waals surface area contributed by atoms with Gasteiger partial charge in [0, 0.05) is 35.2 Å². The number of hydrogen-bond donors (Lipinski definition) is 3. The Labute approximate surface area is 293 Å². The van der Waals surface area contributed by atoms with E-state index < -0.39 is 0 Å². The van der Waals surface area contributed by atoms with E-state index in [-0.39, 0.29) is 5.92 Å². The van der Waals surface area contributed by atoms with Crippen molar-refractivity contribution in [2.24, 2.45) is 5.92 Å². The minimum atomic E-state index is -0.254. The van der Waals surface area contributed by atoms with Gasteiger partial charge in [0.15, 0.2) is 0 Å². The van der Waals surface area contributed by atoms with Gasteiger partial charge in [0.1, 0.15) is 6.33 Å². The van der Waals surface area contributed by atoms with Crippen LogP contribution in [0, 0.1) is 23.2 Å². The summed E-state index contributed by atoms with van der Waals surface area (Å²) in [5, 5.41) is 12.1. The first kappa shape index (κ1) is 37.7. The van der Waals surface area contributed by atoms with Gasteiger partial charge >= 0.3 is 0 Å². The highest BCUT2D eigenvalue weighted by Crippen LogP contribution is 2.28. The average Bonchev–Trinajstić information content (AvgIpc) is 3.54. The largest absolute Gasteiger partial charge is 0.385 e. The van der Waals surface area contributed by atoms with Crippen LogP contribution < -0.4 is 10.7 Å². The molecule has 5 nitrogen and oxygen atoms in total. The van der Waals surface area contributed by atoms with Crippen LogP contribution in [0.4, 0.5) is 0 Å². The standard InChI is InChI=1S/C42H50ClN5/c1-9-10-11-13-34(7)45-26-33(6)41-15-12-14-38(42(41)30(2)3)20-23-40-28-48(29-46-40)47-27-37(25-44)17-16-31(4)35(8)32(5)24-36-18-21-39(43)22-19-36/h9,12,14-15,18-19,21-22,25,28-29,37,44-45,47H,1-2,5-7,10-11,13,20,23-24,26-27H2,3-4,8H3/b35-31+,44-25?. The Morgan fingerprint density at radius 2 is 1.81 bits per heavy atom. The number of halogens is 1. The normalized spacial score (nSPS) is 11.8. The third-order valence-corrected chi connectivity index (χ3v) is 8.50. The minimum absolute atomic E-state index is 0.254. The Hall–Kier alpha value is -4.79. The molecule has 0 spiro atoms. The molecule has 1 heterocycles. The summed E-state index contributed by atoms with van der Waals surface area (Å²) >= 11 is 6.02. The number of aromatic nitrogens is 2. The molecular formula is C42H50ClN5. The summed E-state index contributed by atoms with van der Waals surface area (Å²) in [5.41, 5.74) is 15.0. The second kappa shape index (κ2) is 19.1. The first-order valence-corrected chi connectivity index (χ1v) is 16.8. The summed E-state index contributed by atoms with van der Waals surface area (Å²) in [6.07, 6.45) is 12.4. The van der Waals surface area contributed by atoms with Crippen molar-refractivity contribution in [3.8, 4) is 11.8 Å². The van der Waals surface area contributed by atoms with Gasteiger partial charge < -0.3 is 16.2 Å². The van der Waals surface area contributed by atoms with Crippen molar-refractivity contribution in [1.82, 2.24) is 15.0 Å². The molecule has 250 valence electrons. The molecule has 3 rings (SSSR count). The highest BCUT2D eigenvalue weighted by atomic mass is 35.5. The number of nitrogens with zero attached hydrogens (tertiary/aromatic N) is 2. The molecule has 1 atom stereocenters. The number of allylic oxidation sites excluding steroid dienone is 6. The Morgan fingerprint density at radius 3 is 2.50 bits per heavy atom. The Balaban J connectivity index is 1.57. The van der Waals surface area contributed by atoms with E-state index in [0.717, 1.165) is 99.5 Å². The maximum absolute atomic E-state index is 7.92. The molecule has 48 heavy (non-hydrogen) atoms. The highest BCUT2D eigenvalue weighted by molar-refractivity contribution is 6.30. The highest BCUT2D eigenvalue weighted by Gasteiger charge is 2.13. The first-order valence-electron chi connectivity index (χ1n) is 16.4. The van der Waals surface area contributed by atoms with E-state index >= 15 is 0 Å². The molecule has 2 aromatic carbocycles. The van der Waals surface area contributed by atoms with Gasteiger partial charge in [-0.1, -0.05) is 91.7 Å². The van der Waals surface area contributed by atoms with E-state index in [1.807, 2.05) is 55.1 Å². The maximum Gasteiger partial charge on any atom is 0.114 e. The van der Waals surface area contributed by atoms with E-state index in [2.05, 4.69) is 85.6 Å². The van der Waals surface area contributed by atoms with Gasteiger partial charge in [-0.2, -0.15) is 0 Å². The van der Waals surface area contributed by atoms with Crippen LogP contribution in [0.2, 0.25) is 5.02 Å².